The first-order chi connectivity index (χ1) is 15.0. The minimum Gasteiger partial charge on any atom is -0.495 e. The van der Waals surface area contributed by atoms with Crippen LogP contribution < -0.4 is 10.1 Å². The van der Waals surface area contributed by atoms with Crippen LogP contribution in [0, 0.1) is 0 Å². The number of amides is 2. The molecule has 8 nitrogen and oxygen atoms in total. The molecule has 3 heterocycles. The van der Waals surface area contributed by atoms with Crippen LogP contribution in [0.4, 0.5) is 5.69 Å². The summed E-state index contributed by atoms with van der Waals surface area (Å²) in [4.78, 5) is 34.8. The highest BCUT2D eigenvalue weighted by Gasteiger charge is 2.22. The van der Waals surface area contributed by atoms with Crippen LogP contribution in [0.25, 0.3) is 10.8 Å². The lowest BCUT2D eigenvalue weighted by molar-refractivity contribution is -0.115. The summed E-state index contributed by atoms with van der Waals surface area (Å²) >= 11 is 1.52. The van der Waals surface area contributed by atoms with E-state index in [2.05, 4.69) is 15.2 Å². The Bertz CT molecular complexity index is 1060. The summed E-state index contributed by atoms with van der Waals surface area (Å²) in [7, 11) is 3.57. The van der Waals surface area contributed by atoms with Gasteiger partial charge in [-0.25, -0.2) is 4.98 Å². The van der Waals surface area contributed by atoms with Crippen molar-refractivity contribution in [2.24, 2.45) is 0 Å². The summed E-state index contributed by atoms with van der Waals surface area (Å²) in [5.74, 6) is 0.662. The van der Waals surface area contributed by atoms with Gasteiger partial charge in [-0.3, -0.25) is 9.59 Å². The number of likely N-dealkylation sites (N-methyl/N-ethyl adjacent to an activating group) is 1. The van der Waals surface area contributed by atoms with Crippen molar-refractivity contribution < 1.29 is 18.7 Å². The van der Waals surface area contributed by atoms with Gasteiger partial charge in [-0.15, -0.1) is 11.3 Å². The lowest BCUT2D eigenvalue weighted by atomic mass is 10.1. The summed E-state index contributed by atoms with van der Waals surface area (Å²) in [5.41, 5.74) is 1.50. The van der Waals surface area contributed by atoms with E-state index < -0.39 is 0 Å². The van der Waals surface area contributed by atoms with E-state index in [0.29, 0.717) is 41.7 Å². The van der Waals surface area contributed by atoms with Gasteiger partial charge in [0.2, 0.25) is 11.8 Å². The molecule has 0 saturated carbocycles. The van der Waals surface area contributed by atoms with Crippen LogP contribution in [0.5, 0.6) is 5.75 Å². The summed E-state index contributed by atoms with van der Waals surface area (Å²) < 4.78 is 10.8. The van der Waals surface area contributed by atoms with Crippen molar-refractivity contribution in [3.05, 3.63) is 53.2 Å². The third kappa shape index (κ3) is 4.95. The molecule has 1 aliphatic rings. The Morgan fingerprint density at radius 2 is 2.03 bits per heavy atom. The molecule has 9 heteroatoms. The third-order valence-corrected chi connectivity index (χ3v) is 5.99. The molecule has 0 atom stereocenters. The molecule has 2 amide bonds. The molecular formula is C22H24N4O4S. The number of anilines is 1. The van der Waals surface area contributed by atoms with Gasteiger partial charge in [0.05, 0.1) is 29.8 Å². The molecule has 162 valence electrons. The maximum Gasteiger partial charge on any atom is 0.254 e. The third-order valence-electron chi connectivity index (χ3n) is 5.14. The minimum atomic E-state index is -0.270. The highest BCUT2D eigenvalue weighted by atomic mass is 32.1. The Hall–Kier alpha value is -3.17. The van der Waals surface area contributed by atoms with Crippen LogP contribution in [-0.4, -0.2) is 66.9 Å². The van der Waals surface area contributed by atoms with Crippen LogP contribution in [0.1, 0.15) is 16.1 Å². The van der Waals surface area contributed by atoms with Crippen LogP contribution in [0.3, 0.4) is 0 Å². The largest absolute Gasteiger partial charge is 0.495 e. The second-order valence-corrected chi connectivity index (χ2v) is 8.30. The molecule has 1 aliphatic heterocycles. The molecule has 0 radical (unpaired) electrons. The van der Waals surface area contributed by atoms with Crippen LogP contribution in [0.15, 0.2) is 46.4 Å². The van der Waals surface area contributed by atoms with Gasteiger partial charge in [-0.1, -0.05) is 6.07 Å². The number of oxazole rings is 1. The molecule has 1 fully saturated rings. The van der Waals surface area contributed by atoms with E-state index in [9.17, 15) is 9.59 Å². The summed E-state index contributed by atoms with van der Waals surface area (Å²) in [5, 5.41) is 4.78. The molecule has 0 aliphatic carbocycles. The number of benzene rings is 1. The lowest BCUT2D eigenvalue weighted by Gasteiger charge is -2.32. The zero-order valence-corrected chi connectivity index (χ0v) is 18.3. The summed E-state index contributed by atoms with van der Waals surface area (Å²) in [6.45, 7) is 3.05. The van der Waals surface area contributed by atoms with Crippen molar-refractivity contribution in [1.29, 1.82) is 0 Å². The number of hydrogen-bond donors (Lipinski definition) is 1. The van der Waals surface area contributed by atoms with E-state index in [1.54, 1.807) is 18.2 Å². The number of aromatic nitrogens is 1. The fraction of sp³-hybridized carbons (Fsp3) is 0.318. The van der Waals surface area contributed by atoms with Gasteiger partial charge < -0.3 is 24.3 Å². The van der Waals surface area contributed by atoms with Crippen molar-refractivity contribution >= 4 is 28.8 Å². The number of nitrogens with one attached hydrogen (secondary N) is 1. The first kappa shape index (κ1) is 21.1. The highest BCUT2D eigenvalue weighted by Crippen LogP contribution is 2.27. The van der Waals surface area contributed by atoms with E-state index in [4.69, 9.17) is 9.15 Å². The second-order valence-electron chi connectivity index (χ2n) is 7.36. The number of thiophene rings is 1. The normalized spacial score (nSPS) is 14.5. The Balaban J connectivity index is 1.45. The fourth-order valence-corrected chi connectivity index (χ4v) is 4.05. The van der Waals surface area contributed by atoms with Crippen molar-refractivity contribution in [3.63, 3.8) is 0 Å². The Morgan fingerprint density at radius 1 is 1.23 bits per heavy atom. The number of rotatable bonds is 6. The van der Waals surface area contributed by atoms with E-state index in [1.807, 2.05) is 29.5 Å². The highest BCUT2D eigenvalue weighted by molar-refractivity contribution is 7.13. The molecule has 31 heavy (non-hydrogen) atoms. The van der Waals surface area contributed by atoms with E-state index in [1.165, 1.54) is 24.7 Å². The van der Waals surface area contributed by atoms with Gasteiger partial charge in [0.25, 0.3) is 5.91 Å². The first-order valence-electron chi connectivity index (χ1n) is 9.97. The molecule has 0 spiro atoms. The molecule has 1 aromatic carbocycles. The maximum absolute atomic E-state index is 12.9. The van der Waals surface area contributed by atoms with Gasteiger partial charge >= 0.3 is 0 Å². The molecule has 0 bridgehead atoms. The fourth-order valence-electron chi connectivity index (χ4n) is 3.39. The summed E-state index contributed by atoms with van der Waals surface area (Å²) in [6.07, 6.45) is 1.54. The van der Waals surface area contributed by atoms with Crippen molar-refractivity contribution in [2.75, 3.05) is 45.7 Å². The SMILES string of the molecule is COc1ccc(C(=O)N2CCN(C)CC2)cc1NC(=O)Cc1coc(-c2cccs2)n1. The maximum atomic E-state index is 12.9. The number of carbonyl (C=O) groups excluding carboxylic acids is 2. The van der Waals surface area contributed by atoms with Crippen molar-refractivity contribution in [2.45, 2.75) is 6.42 Å². The first-order valence-corrected chi connectivity index (χ1v) is 10.9. The summed E-state index contributed by atoms with van der Waals surface area (Å²) in [6, 6.07) is 8.91. The number of hydrogen-bond acceptors (Lipinski definition) is 7. The number of carbonyl (C=O) groups is 2. The zero-order chi connectivity index (χ0) is 21.8. The number of ether oxygens (including phenoxy) is 1. The Morgan fingerprint density at radius 3 is 2.74 bits per heavy atom. The molecule has 4 rings (SSSR count). The monoisotopic (exact) mass is 440 g/mol. The molecule has 2 aromatic heterocycles. The van der Waals surface area contributed by atoms with Gasteiger partial charge in [-0.05, 0) is 36.7 Å². The number of piperazine rings is 1. The average Bonchev–Trinajstić information content (AvgIpc) is 3.46. The van der Waals surface area contributed by atoms with E-state index in [-0.39, 0.29) is 18.2 Å². The molecule has 1 saturated heterocycles. The van der Waals surface area contributed by atoms with Gasteiger partial charge in [-0.2, -0.15) is 0 Å². The average molecular weight is 441 g/mol. The Kier molecular flexibility index (Phi) is 6.34. The minimum absolute atomic E-state index is 0.0503. The van der Waals surface area contributed by atoms with Crippen molar-refractivity contribution in [3.8, 4) is 16.5 Å². The Labute approximate surface area is 184 Å². The van der Waals surface area contributed by atoms with Crippen molar-refractivity contribution in [1.82, 2.24) is 14.8 Å². The predicted molar refractivity (Wildman–Crippen MR) is 119 cm³/mol. The van der Waals surface area contributed by atoms with E-state index >= 15 is 0 Å². The zero-order valence-electron chi connectivity index (χ0n) is 17.5. The van der Waals surface area contributed by atoms with Crippen LogP contribution in [-0.2, 0) is 11.2 Å². The number of methoxy groups -OCH3 is 1. The molecule has 1 N–H and O–H groups in total. The standard InChI is InChI=1S/C22H24N4O4S/c1-25-7-9-26(10-8-25)22(28)15-5-6-18(29-2)17(12-15)24-20(27)13-16-14-30-21(23-16)19-4-3-11-31-19/h3-6,11-12,14H,7-10,13H2,1-2H3,(H,24,27). The van der Waals surface area contributed by atoms with Gasteiger partial charge in [0.1, 0.15) is 12.0 Å². The van der Waals surface area contributed by atoms with E-state index in [0.717, 1.165) is 18.0 Å². The van der Waals surface area contributed by atoms with Gasteiger partial charge in [0.15, 0.2) is 0 Å². The quantitative estimate of drug-likeness (QED) is 0.634. The lowest BCUT2D eigenvalue weighted by Crippen LogP contribution is -2.47. The topological polar surface area (TPSA) is 87.9 Å². The van der Waals surface area contributed by atoms with Crippen LogP contribution >= 0.6 is 11.3 Å². The number of nitrogens with zero attached hydrogens (tertiary/aromatic N) is 3. The van der Waals surface area contributed by atoms with Gasteiger partial charge in [0, 0.05) is 31.7 Å². The molecular weight excluding hydrogens is 416 g/mol. The van der Waals surface area contributed by atoms with Crippen LogP contribution in [0.2, 0.25) is 0 Å². The molecule has 0 unspecified atom stereocenters. The molecule has 3 aromatic rings. The predicted octanol–water partition coefficient (Wildman–Crippen LogP) is 2.98. The second kappa shape index (κ2) is 9.32. The smallest absolute Gasteiger partial charge is 0.254 e.